The molecule has 1 atom stereocenters. The third kappa shape index (κ3) is 2.23. The Labute approximate surface area is 88.4 Å². The van der Waals surface area contributed by atoms with Crippen LogP contribution in [0.2, 0.25) is 5.15 Å². The maximum absolute atomic E-state index is 6.00. The number of nitrogens with one attached hydrogen (secondary N) is 1. The molecule has 2 heterocycles. The van der Waals surface area contributed by atoms with Crippen LogP contribution in [-0.4, -0.2) is 24.7 Å². The minimum Gasteiger partial charge on any atom is -0.379 e. The molecule has 0 bridgehead atoms. The Hall–Kier alpha value is -0.640. The largest absolute Gasteiger partial charge is 0.379 e. The number of rotatable bonds is 1. The Kier molecular flexibility index (Phi) is 3.35. The molecule has 1 N–H and O–H groups in total. The normalized spacial score (nSPS) is 23.1. The monoisotopic (exact) mass is 212 g/mol. The van der Waals surface area contributed by atoms with E-state index >= 15 is 0 Å². The lowest BCUT2D eigenvalue weighted by Gasteiger charge is -2.15. The molecule has 14 heavy (non-hydrogen) atoms. The summed E-state index contributed by atoms with van der Waals surface area (Å²) >= 11 is 6.00. The molecular weight excluding hydrogens is 200 g/mol. The lowest BCUT2D eigenvalue weighted by Crippen LogP contribution is -2.23. The van der Waals surface area contributed by atoms with Crippen LogP contribution in [0.1, 0.15) is 18.0 Å². The van der Waals surface area contributed by atoms with E-state index in [1.165, 1.54) is 0 Å². The van der Waals surface area contributed by atoms with Crippen LogP contribution >= 0.6 is 11.6 Å². The minimum absolute atomic E-state index is 0.179. The number of hydrogen-bond donors (Lipinski definition) is 1. The van der Waals surface area contributed by atoms with Crippen molar-refractivity contribution in [3.63, 3.8) is 0 Å². The molecule has 0 amide bonds. The summed E-state index contributed by atoms with van der Waals surface area (Å²) in [5, 5.41) is 3.95. The van der Waals surface area contributed by atoms with Gasteiger partial charge < -0.3 is 10.1 Å². The van der Waals surface area contributed by atoms with Gasteiger partial charge in [0.25, 0.3) is 0 Å². The highest BCUT2D eigenvalue weighted by atomic mass is 35.5. The zero-order valence-electron chi connectivity index (χ0n) is 7.87. The summed E-state index contributed by atoms with van der Waals surface area (Å²) in [4.78, 5) is 4.05. The number of nitrogens with zero attached hydrogens (tertiary/aromatic N) is 1. The second-order valence-electron chi connectivity index (χ2n) is 3.32. The van der Waals surface area contributed by atoms with E-state index in [0.29, 0.717) is 11.8 Å². The average Bonchev–Trinajstić information content (AvgIpc) is 2.47. The van der Waals surface area contributed by atoms with E-state index in [2.05, 4.69) is 10.3 Å². The zero-order chi connectivity index (χ0) is 9.80. The van der Waals surface area contributed by atoms with Gasteiger partial charge in [0.1, 0.15) is 5.15 Å². The van der Waals surface area contributed by atoms with Crippen molar-refractivity contribution in [2.75, 3.05) is 19.8 Å². The molecule has 76 valence electrons. The van der Waals surface area contributed by atoms with Crippen molar-refractivity contribution >= 4 is 11.6 Å². The van der Waals surface area contributed by atoms with Crippen molar-refractivity contribution in [3.8, 4) is 0 Å². The number of pyridine rings is 1. The summed E-state index contributed by atoms with van der Waals surface area (Å²) in [6.45, 7) is 2.46. The van der Waals surface area contributed by atoms with Gasteiger partial charge in [-0.25, -0.2) is 4.98 Å². The first kappa shape index (κ1) is 9.90. The fourth-order valence-corrected chi connectivity index (χ4v) is 1.82. The van der Waals surface area contributed by atoms with Gasteiger partial charge in [0.15, 0.2) is 0 Å². The van der Waals surface area contributed by atoms with Gasteiger partial charge in [-0.1, -0.05) is 17.7 Å². The lowest BCUT2D eigenvalue weighted by molar-refractivity contribution is 0.131. The number of aromatic nitrogens is 1. The molecule has 0 saturated carbocycles. The van der Waals surface area contributed by atoms with Crippen molar-refractivity contribution in [3.05, 3.63) is 29.0 Å². The van der Waals surface area contributed by atoms with Crippen LogP contribution in [0, 0.1) is 0 Å². The lowest BCUT2D eigenvalue weighted by atomic mass is 10.1. The molecule has 2 rings (SSSR count). The van der Waals surface area contributed by atoms with E-state index in [1.54, 1.807) is 6.20 Å². The maximum atomic E-state index is 6.00. The Morgan fingerprint density at radius 2 is 2.50 bits per heavy atom. The number of hydrogen-bond acceptors (Lipinski definition) is 3. The fraction of sp³-hybridized carbons (Fsp3) is 0.500. The Morgan fingerprint density at radius 1 is 1.57 bits per heavy atom. The standard InChI is InChI=1S/C10H13ClN2O/c11-10-8(3-1-4-13-10)9-7-14-6-2-5-12-9/h1,3-4,9,12H,2,5-7H2. The molecule has 0 radical (unpaired) electrons. The minimum atomic E-state index is 0.179. The third-order valence-electron chi connectivity index (χ3n) is 2.30. The summed E-state index contributed by atoms with van der Waals surface area (Å²) in [7, 11) is 0. The van der Waals surface area contributed by atoms with E-state index < -0.39 is 0 Å². The summed E-state index contributed by atoms with van der Waals surface area (Å²) < 4.78 is 5.47. The SMILES string of the molecule is Clc1ncccc1C1COCCCN1. The predicted molar refractivity (Wildman–Crippen MR) is 55.4 cm³/mol. The highest BCUT2D eigenvalue weighted by Crippen LogP contribution is 2.21. The van der Waals surface area contributed by atoms with Gasteiger partial charge in [0, 0.05) is 18.4 Å². The quantitative estimate of drug-likeness (QED) is 0.721. The molecular formula is C10H13ClN2O. The molecule has 1 aromatic heterocycles. The molecule has 0 aromatic carbocycles. The van der Waals surface area contributed by atoms with Gasteiger partial charge in [-0.05, 0) is 19.0 Å². The van der Waals surface area contributed by atoms with Crippen LogP contribution in [0.5, 0.6) is 0 Å². The van der Waals surface area contributed by atoms with Crippen LogP contribution in [-0.2, 0) is 4.74 Å². The number of ether oxygens (including phenoxy) is 1. The second kappa shape index (κ2) is 4.73. The van der Waals surface area contributed by atoms with Crippen molar-refractivity contribution < 1.29 is 4.74 Å². The Balaban J connectivity index is 2.16. The third-order valence-corrected chi connectivity index (χ3v) is 2.62. The first-order valence-corrected chi connectivity index (χ1v) is 5.17. The number of halogens is 1. The molecule has 1 fully saturated rings. The summed E-state index contributed by atoms with van der Waals surface area (Å²) in [5.74, 6) is 0. The van der Waals surface area contributed by atoms with E-state index in [1.807, 2.05) is 12.1 Å². The van der Waals surface area contributed by atoms with Crippen LogP contribution in [0.15, 0.2) is 18.3 Å². The van der Waals surface area contributed by atoms with Crippen molar-refractivity contribution in [1.82, 2.24) is 10.3 Å². The van der Waals surface area contributed by atoms with Gasteiger partial charge in [-0.2, -0.15) is 0 Å². The molecule has 0 spiro atoms. The Bertz CT molecular complexity index is 298. The molecule has 4 heteroatoms. The molecule has 0 aliphatic carbocycles. The van der Waals surface area contributed by atoms with E-state index in [4.69, 9.17) is 16.3 Å². The van der Waals surface area contributed by atoms with Crippen LogP contribution in [0.25, 0.3) is 0 Å². The molecule has 1 aliphatic rings. The summed E-state index contributed by atoms with van der Waals surface area (Å²) in [5.41, 5.74) is 1.02. The molecule has 3 nitrogen and oxygen atoms in total. The smallest absolute Gasteiger partial charge is 0.133 e. The summed E-state index contributed by atoms with van der Waals surface area (Å²) in [6.07, 6.45) is 2.75. The first-order chi connectivity index (χ1) is 6.88. The van der Waals surface area contributed by atoms with E-state index in [0.717, 1.165) is 25.1 Å². The first-order valence-electron chi connectivity index (χ1n) is 4.79. The second-order valence-corrected chi connectivity index (χ2v) is 3.68. The van der Waals surface area contributed by atoms with Crippen molar-refractivity contribution in [2.24, 2.45) is 0 Å². The summed E-state index contributed by atoms with van der Waals surface area (Å²) in [6, 6.07) is 4.06. The Morgan fingerprint density at radius 3 is 3.36 bits per heavy atom. The molecule has 1 aromatic rings. The average molecular weight is 213 g/mol. The topological polar surface area (TPSA) is 34.1 Å². The molecule has 1 aliphatic heterocycles. The highest BCUT2D eigenvalue weighted by molar-refractivity contribution is 6.30. The van der Waals surface area contributed by atoms with E-state index in [-0.39, 0.29) is 6.04 Å². The van der Waals surface area contributed by atoms with Gasteiger partial charge in [-0.15, -0.1) is 0 Å². The maximum Gasteiger partial charge on any atom is 0.133 e. The van der Waals surface area contributed by atoms with E-state index in [9.17, 15) is 0 Å². The van der Waals surface area contributed by atoms with Gasteiger partial charge in [-0.3, -0.25) is 0 Å². The van der Waals surface area contributed by atoms with Crippen molar-refractivity contribution in [2.45, 2.75) is 12.5 Å². The van der Waals surface area contributed by atoms with Gasteiger partial charge in [0.2, 0.25) is 0 Å². The van der Waals surface area contributed by atoms with Gasteiger partial charge in [0.05, 0.1) is 12.6 Å². The molecule has 1 saturated heterocycles. The van der Waals surface area contributed by atoms with Crippen LogP contribution in [0.3, 0.4) is 0 Å². The van der Waals surface area contributed by atoms with Crippen molar-refractivity contribution in [1.29, 1.82) is 0 Å². The van der Waals surface area contributed by atoms with Crippen LogP contribution < -0.4 is 5.32 Å². The van der Waals surface area contributed by atoms with Gasteiger partial charge >= 0.3 is 0 Å². The highest BCUT2D eigenvalue weighted by Gasteiger charge is 2.16. The fourth-order valence-electron chi connectivity index (χ4n) is 1.57. The molecule has 1 unspecified atom stereocenters. The zero-order valence-corrected chi connectivity index (χ0v) is 8.63. The van der Waals surface area contributed by atoms with Crippen LogP contribution in [0.4, 0.5) is 0 Å². The predicted octanol–water partition coefficient (Wildman–Crippen LogP) is 1.79.